The molecule has 0 saturated carbocycles. The molecule has 2 aromatic rings. The number of hydrogen-bond acceptors (Lipinski definition) is 3. The summed E-state index contributed by atoms with van der Waals surface area (Å²) in [5, 5.41) is 28.1. The molecule has 0 saturated heterocycles. The average Bonchev–Trinajstić information content (AvgIpc) is 2.76. The van der Waals surface area contributed by atoms with Crippen LogP contribution in [0.5, 0.6) is 0 Å². The lowest BCUT2D eigenvalue weighted by atomic mass is 10.0. The molecular weight excluding hydrogens is 272 g/mol. The lowest BCUT2D eigenvalue weighted by Gasteiger charge is -2.17. The Labute approximate surface area is 101 Å². The van der Waals surface area contributed by atoms with E-state index < -0.39 is 12.2 Å². The van der Waals surface area contributed by atoms with Crippen molar-refractivity contribution >= 4 is 26.8 Å². The highest BCUT2D eigenvalue weighted by molar-refractivity contribution is 9.09. The number of para-hydroxylation sites is 1. The molecule has 4 nitrogen and oxygen atoms in total. The van der Waals surface area contributed by atoms with E-state index in [1.165, 1.54) is 0 Å². The number of nitrogens with zero attached hydrogens (tertiary/aromatic N) is 1. The maximum atomic E-state index is 10.0. The summed E-state index contributed by atoms with van der Waals surface area (Å²) < 4.78 is 0. The van der Waals surface area contributed by atoms with Crippen molar-refractivity contribution in [2.24, 2.45) is 0 Å². The Morgan fingerprint density at radius 3 is 2.94 bits per heavy atom. The summed E-state index contributed by atoms with van der Waals surface area (Å²) in [7, 11) is 0. The topological polar surface area (TPSA) is 69.1 Å². The molecule has 0 bridgehead atoms. The summed E-state index contributed by atoms with van der Waals surface area (Å²) in [5.74, 6) is 0. The zero-order valence-electron chi connectivity index (χ0n) is 8.60. The van der Waals surface area contributed by atoms with Crippen molar-refractivity contribution in [3.05, 3.63) is 30.0 Å². The van der Waals surface area contributed by atoms with Crippen LogP contribution in [-0.2, 0) is 0 Å². The minimum atomic E-state index is -0.887. The van der Waals surface area contributed by atoms with E-state index in [1.807, 2.05) is 12.1 Å². The molecule has 1 aromatic carbocycles. The molecule has 0 aliphatic heterocycles. The number of aliphatic hydroxyl groups is 2. The number of alkyl halides is 1. The second kappa shape index (κ2) is 4.95. The first-order valence-electron chi connectivity index (χ1n) is 5.08. The molecule has 5 heteroatoms. The van der Waals surface area contributed by atoms with E-state index in [-0.39, 0.29) is 0 Å². The van der Waals surface area contributed by atoms with Gasteiger partial charge in [-0.1, -0.05) is 34.1 Å². The number of fused-ring (bicyclic) bond motifs is 1. The van der Waals surface area contributed by atoms with Crippen LogP contribution < -0.4 is 0 Å². The van der Waals surface area contributed by atoms with Crippen molar-refractivity contribution in [1.82, 2.24) is 10.2 Å². The summed E-state index contributed by atoms with van der Waals surface area (Å²) in [4.78, 5) is 0. The highest BCUT2D eigenvalue weighted by atomic mass is 79.9. The predicted octanol–water partition coefficient (Wildman–Crippen LogP) is 1.74. The first-order valence-corrected chi connectivity index (χ1v) is 6.20. The Balaban J connectivity index is 2.35. The molecule has 0 fully saturated rings. The Kier molecular flexibility index (Phi) is 3.58. The molecule has 0 aliphatic rings. The fourth-order valence-electron chi connectivity index (χ4n) is 1.72. The number of nitrogens with one attached hydrogen (secondary N) is 1. The number of aliphatic hydroxyl groups excluding tert-OH is 2. The number of aromatic nitrogens is 2. The van der Waals surface area contributed by atoms with E-state index in [0.717, 1.165) is 10.9 Å². The molecule has 2 unspecified atom stereocenters. The van der Waals surface area contributed by atoms with Crippen LogP contribution in [0.4, 0.5) is 0 Å². The van der Waals surface area contributed by atoms with Crippen molar-refractivity contribution < 1.29 is 10.2 Å². The number of aromatic amines is 1. The summed E-state index contributed by atoms with van der Waals surface area (Å²) in [5.41, 5.74) is 1.46. The first kappa shape index (κ1) is 11.6. The Morgan fingerprint density at radius 1 is 1.38 bits per heavy atom. The van der Waals surface area contributed by atoms with Gasteiger partial charge in [-0.25, -0.2) is 0 Å². The third kappa shape index (κ3) is 2.11. The van der Waals surface area contributed by atoms with E-state index in [0.29, 0.717) is 17.3 Å². The molecule has 0 amide bonds. The van der Waals surface area contributed by atoms with Crippen LogP contribution in [0.3, 0.4) is 0 Å². The molecule has 86 valence electrons. The molecule has 1 aromatic heterocycles. The lowest BCUT2D eigenvalue weighted by molar-refractivity contribution is 0.0181. The number of rotatable bonds is 4. The van der Waals surface area contributed by atoms with Crippen molar-refractivity contribution in [3.8, 4) is 0 Å². The predicted molar refractivity (Wildman–Crippen MR) is 65.5 cm³/mol. The smallest absolute Gasteiger partial charge is 0.107 e. The van der Waals surface area contributed by atoms with E-state index in [1.54, 1.807) is 12.3 Å². The molecular formula is C11H13BrN2O2. The number of H-pyrrole nitrogens is 1. The van der Waals surface area contributed by atoms with Gasteiger partial charge in [0.15, 0.2) is 0 Å². The van der Waals surface area contributed by atoms with Crippen LogP contribution >= 0.6 is 15.9 Å². The molecule has 0 radical (unpaired) electrons. The molecule has 0 aliphatic carbocycles. The fourth-order valence-corrected chi connectivity index (χ4v) is 2.18. The third-order valence-electron chi connectivity index (χ3n) is 2.60. The van der Waals surface area contributed by atoms with Gasteiger partial charge in [-0.3, -0.25) is 5.10 Å². The van der Waals surface area contributed by atoms with Crippen LogP contribution in [0.1, 0.15) is 18.1 Å². The van der Waals surface area contributed by atoms with Crippen molar-refractivity contribution in [1.29, 1.82) is 0 Å². The standard InChI is InChI=1S/C11H13BrN2O2/c12-5-4-9(15)11(16)8-3-1-2-7-6-13-14-10(7)8/h1-3,6,9,11,15-16H,4-5H2,(H,13,14). The average molecular weight is 285 g/mol. The minimum absolute atomic E-state index is 0.506. The Morgan fingerprint density at radius 2 is 2.19 bits per heavy atom. The monoisotopic (exact) mass is 284 g/mol. The first-order chi connectivity index (χ1) is 7.74. The molecule has 16 heavy (non-hydrogen) atoms. The second-order valence-corrected chi connectivity index (χ2v) is 4.46. The lowest BCUT2D eigenvalue weighted by Crippen LogP contribution is -2.18. The quantitative estimate of drug-likeness (QED) is 0.749. The van der Waals surface area contributed by atoms with E-state index in [9.17, 15) is 10.2 Å². The van der Waals surface area contributed by atoms with Gasteiger partial charge in [-0.2, -0.15) is 5.10 Å². The summed E-state index contributed by atoms with van der Waals surface area (Å²) in [6.07, 6.45) is 0.545. The summed E-state index contributed by atoms with van der Waals surface area (Å²) >= 11 is 3.24. The molecule has 2 rings (SSSR count). The zero-order valence-corrected chi connectivity index (χ0v) is 10.2. The molecule has 1 heterocycles. The molecule has 0 spiro atoms. The third-order valence-corrected chi connectivity index (χ3v) is 3.05. The van der Waals surface area contributed by atoms with Crippen LogP contribution in [0, 0.1) is 0 Å². The highest BCUT2D eigenvalue weighted by Crippen LogP contribution is 2.25. The molecule has 3 N–H and O–H groups in total. The van der Waals surface area contributed by atoms with Crippen LogP contribution in [-0.4, -0.2) is 31.8 Å². The van der Waals surface area contributed by atoms with Gasteiger partial charge >= 0.3 is 0 Å². The van der Waals surface area contributed by atoms with E-state index >= 15 is 0 Å². The molecule has 2 atom stereocenters. The van der Waals surface area contributed by atoms with Crippen LogP contribution in [0.2, 0.25) is 0 Å². The SMILES string of the molecule is OC(CCBr)C(O)c1cccc2cn[nH]c12. The fraction of sp³-hybridized carbons (Fsp3) is 0.364. The number of benzene rings is 1. The zero-order chi connectivity index (χ0) is 11.5. The number of hydrogen-bond donors (Lipinski definition) is 3. The van der Waals surface area contributed by atoms with Gasteiger partial charge in [0.25, 0.3) is 0 Å². The Bertz CT molecular complexity index is 472. The maximum Gasteiger partial charge on any atom is 0.107 e. The van der Waals surface area contributed by atoms with Gasteiger partial charge in [0.05, 0.1) is 17.8 Å². The van der Waals surface area contributed by atoms with Gasteiger partial charge < -0.3 is 10.2 Å². The van der Waals surface area contributed by atoms with Crippen molar-refractivity contribution in [3.63, 3.8) is 0 Å². The van der Waals surface area contributed by atoms with Crippen molar-refractivity contribution in [2.45, 2.75) is 18.6 Å². The van der Waals surface area contributed by atoms with Gasteiger partial charge in [-0.15, -0.1) is 0 Å². The highest BCUT2D eigenvalue weighted by Gasteiger charge is 2.20. The largest absolute Gasteiger partial charge is 0.390 e. The van der Waals surface area contributed by atoms with Crippen LogP contribution in [0.25, 0.3) is 10.9 Å². The second-order valence-electron chi connectivity index (χ2n) is 3.67. The Hall–Kier alpha value is -0.910. The van der Waals surface area contributed by atoms with Gasteiger partial charge in [0.1, 0.15) is 6.10 Å². The van der Waals surface area contributed by atoms with Gasteiger partial charge in [0.2, 0.25) is 0 Å². The summed E-state index contributed by atoms with van der Waals surface area (Å²) in [6, 6.07) is 5.55. The minimum Gasteiger partial charge on any atom is -0.390 e. The van der Waals surface area contributed by atoms with Gasteiger partial charge in [-0.05, 0) is 6.42 Å². The number of halogens is 1. The van der Waals surface area contributed by atoms with E-state index in [2.05, 4.69) is 26.1 Å². The normalized spacial score (nSPS) is 15.2. The maximum absolute atomic E-state index is 10.0. The van der Waals surface area contributed by atoms with Crippen LogP contribution in [0.15, 0.2) is 24.4 Å². The summed E-state index contributed by atoms with van der Waals surface area (Å²) in [6.45, 7) is 0. The van der Waals surface area contributed by atoms with Crippen molar-refractivity contribution in [2.75, 3.05) is 5.33 Å². The van der Waals surface area contributed by atoms with E-state index in [4.69, 9.17) is 0 Å². The van der Waals surface area contributed by atoms with Gasteiger partial charge in [0, 0.05) is 16.3 Å².